The van der Waals surface area contributed by atoms with Gasteiger partial charge < -0.3 is 19.7 Å². The number of aryl methyl sites for hydroxylation is 2. The van der Waals surface area contributed by atoms with Gasteiger partial charge >= 0.3 is 0 Å². The SMILES string of the molecule is Cc1ccc(OCCNC(=O)c2cc(S(=O)(=O)N3CCOCC3)ccc2N2CCCC2)c(C)c1. The van der Waals surface area contributed by atoms with E-state index in [0.717, 1.165) is 42.9 Å². The normalized spacial score (nSPS) is 17.1. The third kappa shape index (κ3) is 5.54. The molecule has 4 rings (SSSR count). The van der Waals surface area contributed by atoms with Gasteiger partial charge in [-0.3, -0.25) is 4.79 Å². The summed E-state index contributed by atoms with van der Waals surface area (Å²) in [5.74, 6) is 0.487. The van der Waals surface area contributed by atoms with E-state index in [4.69, 9.17) is 9.47 Å². The van der Waals surface area contributed by atoms with Crippen molar-refractivity contribution in [2.45, 2.75) is 31.6 Å². The lowest BCUT2D eigenvalue weighted by atomic mass is 10.1. The first-order chi connectivity index (χ1) is 16.4. The van der Waals surface area contributed by atoms with Crippen LogP contribution in [0.3, 0.4) is 0 Å². The minimum atomic E-state index is -3.70. The number of nitrogens with zero attached hydrogens (tertiary/aromatic N) is 2. The number of rotatable bonds is 8. The molecule has 2 aliphatic rings. The van der Waals surface area contributed by atoms with Crippen LogP contribution in [-0.2, 0) is 14.8 Å². The summed E-state index contributed by atoms with van der Waals surface area (Å²) in [6, 6.07) is 10.9. The van der Waals surface area contributed by atoms with Crippen molar-refractivity contribution in [3.05, 3.63) is 53.1 Å². The molecule has 184 valence electrons. The fourth-order valence-electron chi connectivity index (χ4n) is 4.41. The lowest BCUT2D eigenvalue weighted by molar-refractivity contribution is 0.0730. The first-order valence-electron chi connectivity index (χ1n) is 11.8. The number of hydrogen-bond acceptors (Lipinski definition) is 6. The predicted molar refractivity (Wildman–Crippen MR) is 131 cm³/mol. The Morgan fingerprint density at radius 2 is 1.76 bits per heavy atom. The van der Waals surface area contributed by atoms with Crippen molar-refractivity contribution in [1.82, 2.24) is 9.62 Å². The van der Waals surface area contributed by atoms with Gasteiger partial charge in [0.25, 0.3) is 5.91 Å². The molecule has 2 saturated heterocycles. The monoisotopic (exact) mass is 487 g/mol. The molecule has 0 aromatic heterocycles. The van der Waals surface area contributed by atoms with E-state index in [1.807, 2.05) is 26.0 Å². The Balaban J connectivity index is 1.49. The van der Waals surface area contributed by atoms with Crippen LogP contribution in [0.2, 0.25) is 0 Å². The van der Waals surface area contributed by atoms with Crippen LogP contribution in [0.25, 0.3) is 0 Å². The van der Waals surface area contributed by atoms with E-state index in [2.05, 4.69) is 16.3 Å². The minimum Gasteiger partial charge on any atom is -0.491 e. The van der Waals surface area contributed by atoms with Gasteiger partial charge in [0.05, 0.1) is 30.2 Å². The Morgan fingerprint density at radius 1 is 1.03 bits per heavy atom. The summed E-state index contributed by atoms with van der Waals surface area (Å²) >= 11 is 0. The maximum absolute atomic E-state index is 13.2. The van der Waals surface area contributed by atoms with Gasteiger partial charge in [0, 0.05) is 31.9 Å². The third-order valence-electron chi connectivity index (χ3n) is 6.24. The van der Waals surface area contributed by atoms with E-state index in [-0.39, 0.29) is 10.8 Å². The van der Waals surface area contributed by atoms with E-state index in [9.17, 15) is 13.2 Å². The first kappa shape index (κ1) is 24.5. The Kier molecular flexibility index (Phi) is 7.75. The standard InChI is InChI=1S/C25H33N3O5S/c1-19-5-8-24(20(2)17-19)33-14-9-26-25(29)22-18-21(6-7-23(22)27-10-3-4-11-27)34(30,31)28-12-15-32-16-13-28/h5-8,17-18H,3-4,9-16H2,1-2H3,(H,26,29). The number of ether oxygens (including phenoxy) is 2. The van der Waals surface area contributed by atoms with Crippen molar-refractivity contribution in [3.63, 3.8) is 0 Å². The van der Waals surface area contributed by atoms with E-state index < -0.39 is 10.0 Å². The van der Waals surface area contributed by atoms with E-state index in [1.54, 1.807) is 12.1 Å². The summed E-state index contributed by atoms with van der Waals surface area (Å²) in [6.45, 7) is 7.73. The van der Waals surface area contributed by atoms with Gasteiger partial charge in [-0.25, -0.2) is 8.42 Å². The topological polar surface area (TPSA) is 88.2 Å². The molecule has 0 spiro atoms. The molecule has 0 saturated carbocycles. The Hall–Kier alpha value is -2.62. The smallest absolute Gasteiger partial charge is 0.253 e. The van der Waals surface area contributed by atoms with Gasteiger partial charge in [-0.1, -0.05) is 17.7 Å². The van der Waals surface area contributed by atoms with Gasteiger partial charge in [-0.15, -0.1) is 0 Å². The molecule has 0 aliphatic carbocycles. The zero-order chi connectivity index (χ0) is 24.1. The molecule has 2 aromatic carbocycles. The van der Waals surface area contributed by atoms with Crippen LogP contribution in [0.4, 0.5) is 5.69 Å². The number of hydrogen-bond donors (Lipinski definition) is 1. The quantitative estimate of drug-likeness (QED) is 0.576. The molecule has 2 fully saturated rings. The lowest BCUT2D eigenvalue weighted by Gasteiger charge is -2.27. The molecule has 9 heteroatoms. The average Bonchev–Trinajstić information content (AvgIpc) is 3.38. The zero-order valence-electron chi connectivity index (χ0n) is 19.9. The molecule has 1 amide bonds. The summed E-state index contributed by atoms with van der Waals surface area (Å²) < 4.78 is 38.9. The second-order valence-corrected chi connectivity index (χ2v) is 10.7. The number of benzene rings is 2. The largest absolute Gasteiger partial charge is 0.491 e. The fourth-order valence-corrected chi connectivity index (χ4v) is 5.84. The van der Waals surface area contributed by atoms with Crippen LogP contribution in [0.1, 0.15) is 34.3 Å². The van der Waals surface area contributed by atoms with Gasteiger partial charge in [-0.2, -0.15) is 4.31 Å². The predicted octanol–water partition coefficient (Wildman–Crippen LogP) is 2.73. The van der Waals surface area contributed by atoms with Crippen LogP contribution >= 0.6 is 0 Å². The summed E-state index contributed by atoms with van der Waals surface area (Å²) in [5, 5.41) is 2.90. The fraction of sp³-hybridized carbons (Fsp3) is 0.480. The Bertz CT molecular complexity index is 1120. The van der Waals surface area contributed by atoms with E-state index >= 15 is 0 Å². The van der Waals surface area contributed by atoms with Gasteiger partial charge in [0.1, 0.15) is 12.4 Å². The van der Waals surface area contributed by atoms with Crippen molar-refractivity contribution in [1.29, 1.82) is 0 Å². The maximum atomic E-state index is 13.2. The highest BCUT2D eigenvalue weighted by Crippen LogP contribution is 2.29. The average molecular weight is 488 g/mol. The molecule has 0 bridgehead atoms. The number of carbonyl (C=O) groups excluding carboxylic acids is 1. The Morgan fingerprint density at radius 3 is 2.47 bits per heavy atom. The van der Waals surface area contributed by atoms with Crippen LogP contribution in [-0.4, -0.2) is 71.2 Å². The summed E-state index contributed by atoms with van der Waals surface area (Å²) in [7, 11) is -3.70. The molecule has 1 N–H and O–H groups in total. The molecule has 2 aliphatic heterocycles. The van der Waals surface area contributed by atoms with Crippen molar-refractivity contribution < 1.29 is 22.7 Å². The zero-order valence-corrected chi connectivity index (χ0v) is 20.7. The van der Waals surface area contributed by atoms with Crippen LogP contribution in [0.5, 0.6) is 5.75 Å². The number of nitrogens with one attached hydrogen (secondary N) is 1. The summed E-state index contributed by atoms with van der Waals surface area (Å²) in [6.07, 6.45) is 2.11. The molecule has 8 nitrogen and oxygen atoms in total. The molecule has 34 heavy (non-hydrogen) atoms. The molecular formula is C25H33N3O5S. The molecule has 2 aromatic rings. The van der Waals surface area contributed by atoms with Crippen LogP contribution in [0, 0.1) is 13.8 Å². The maximum Gasteiger partial charge on any atom is 0.253 e. The Labute approximate surface area is 201 Å². The van der Waals surface area contributed by atoms with E-state index in [0.29, 0.717) is 45.0 Å². The van der Waals surface area contributed by atoms with Gasteiger partial charge in [0.15, 0.2) is 0 Å². The van der Waals surface area contributed by atoms with Crippen LogP contribution < -0.4 is 15.0 Å². The number of amides is 1. The van der Waals surface area contributed by atoms with Crippen molar-refractivity contribution in [2.24, 2.45) is 0 Å². The molecular weight excluding hydrogens is 454 g/mol. The van der Waals surface area contributed by atoms with E-state index in [1.165, 1.54) is 15.9 Å². The first-order valence-corrected chi connectivity index (χ1v) is 13.3. The second-order valence-electron chi connectivity index (χ2n) is 8.76. The lowest BCUT2D eigenvalue weighted by Crippen LogP contribution is -2.40. The van der Waals surface area contributed by atoms with Gasteiger partial charge in [0.2, 0.25) is 10.0 Å². The summed E-state index contributed by atoms with van der Waals surface area (Å²) in [5.41, 5.74) is 3.36. The number of sulfonamides is 1. The van der Waals surface area contributed by atoms with Crippen molar-refractivity contribution in [3.8, 4) is 5.75 Å². The second kappa shape index (κ2) is 10.8. The van der Waals surface area contributed by atoms with Crippen LogP contribution in [0.15, 0.2) is 41.3 Å². The highest BCUT2D eigenvalue weighted by atomic mass is 32.2. The van der Waals surface area contributed by atoms with Crippen molar-refractivity contribution in [2.75, 3.05) is 57.4 Å². The number of carbonyl (C=O) groups is 1. The highest BCUT2D eigenvalue weighted by Gasteiger charge is 2.29. The number of anilines is 1. The molecule has 0 unspecified atom stereocenters. The minimum absolute atomic E-state index is 0.133. The summed E-state index contributed by atoms with van der Waals surface area (Å²) in [4.78, 5) is 15.5. The van der Waals surface area contributed by atoms with Gasteiger partial charge in [-0.05, 0) is 56.5 Å². The number of morpholine rings is 1. The molecule has 0 radical (unpaired) electrons. The van der Waals surface area contributed by atoms with Crippen molar-refractivity contribution >= 4 is 21.6 Å². The molecule has 2 heterocycles. The molecule has 0 atom stereocenters. The third-order valence-corrected chi connectivity index (χ3v) is 8.14. The highest BCUT2D eigenvalue weighted by molar-refractivity contribution is 7.89.